The van der Waals surface area contributed by atoms with Crippen LogP contribution in [0.25, 0.3) is 28.0 Å². The number of anilines is 1. The van der Waals surface area contributed by atoms with E-state index in [4.69, 9.17) is 10.7 Å². The molecule has 10 heteroatoms. The summed E-state index contributed by atoms with van der Waals surface area (Å²) >= 11 is 0. The molecule has 3 N–H and O–H groups in total. The van der Waals surface area contributed by atoms with Gasteiger partial charge in [0.15, 0.2) is 11.4 Å². The summed E-state index contributed by atoms with van der Waals surface area (Å²) in [5.74, 6) is -0.630. The van der Waals surface area contributed by atoms with Crippen molar-refractivity contribution in [2.24, 2.45) is 0 Å². The highest BCUT2D eigenvalue weighted by Gasteiger charge is 2.42. The Morgan fingerprint density at radius 3 is 2.46 bits per heavy atom. The normalized spacial score (nSPS) is 20.8. The van der Waals surface area contributed by atoms with Gasteiger partial charge >= 0.3 is 0 Å². The number of hydrogen-bond acceptors (Lipinski definition) is 7. The number of fused-ring (bicyclic) bond motifs is 3. The number of carbonyl (C=O) groups excluding carboxylic acids is 2. The summed E-state index contributed by atoms with van der Waals surface area (Å²) in [5, 5.41) is 13.9. The molecular weight excluding hydrogens is 499 g/mol. The molecule has 0 spiro atoms. The standard InChI is InChI=1S/C29H29FN6O3/c1-16(38)26-27(18-11-19-5-4-6-20(12-18)35(19)25(39)15-37)34-29-22(14-33-36(29)28(26)31)17-9-10-24(32-13-17)21-7-2-3-8-23(21)30/h2-3,7-10,13-14,18-20,37H,4-6,11-12,15,31H2,1H3/t18?,19-,20+. The van der Waals surface area contributed by atoms with Crippen LogP contribution in [0.1, 0.15) is 61.0 Å². The number of benzene rings is 1. The molecule has 0 radical (unpaired) electrons. The smallest absolute Gasteiger partial charge is 0.248 e. The van der Waals surface area contributed by atoms with Gasteiger partial charge in [-0.2, -0.15) is 9.61 Å². The average molecular weight is 529 g/mol. The van der Waals surface area contributed by atoms with Crippen molar-refractivity contribution < 1.29 is 19.1 Å². The van der Waals surface area contributed by atoms with Crippen LogP contribution in [-0.4, -0.2) is 60.0 Å². The first kappa shape index (κ1) is 25.1. The van der Waals surface area contributed by atoms with Crippen molar-refractivity contribution in [1.29, 1.82) is 0 Å². The number of nitrogen functional groups attached to an aromatic ring is 1. The van der Waals surface area contributed by atoms with E-state index >= 15 is 0 Å². The molecule has 1 amide bonds. The van der Waals surface area contributed by atoms with Gasteiger partial charge in [-0.05, 0) is 57.2 Å². The number of carbonyl (C=O) groups is 2. The number of aliphatic hydroxyl groups is 1. The molecular formula is C29H29FN6O3. The minimum absolute atomic E-state index is 0.0132. The topological polar surface area (TPSA) is 127 Å². The molecule has 2 fully saturated rings. The van der Waals surface area contributed by atoms with Gasteiger partial charge in [0.05, 0.1) is 23.1 Å². The number of pyridine rings is 1. The van der Waals surface area contributed by atoms with Gasteiger partial charge in [-0.3, -0.25) is 14.6 Å². The van der Waals surface area contributed by atoms with Gasteiger partial charge in [-0.1, -0.05) is 18.2 Å². The number of aromatic nitrogens is 4. The second-order valence-corrected chi connectivity index (χ2v) is 10.4. The first-order valence-corrected chi connectivity index (χ1v) is 13.2. The summed E-state index contributed by atoms with van der Waals surface area (Å²) in [5.41, 5.74) is 10.4. The minimum atomic E-state index is -0.504. The molecule has 2 bridgehead atoms. The van der Waals surface area contributed by atoms with E-state index in [1.54, 1.807) is 36.7 Å². The maximum atomic E-state index is 14.3. The Balaban J connectivity index is 1.41. The summed E-state index contributed by atoms with van der Waals surface area (Å²) in [4.78, 5) is 36.6. The van der Waals surface area contributed by atoms with Gasteiger partial charge in [-0.15, -0.1) is 0 Å². The minimum Gasteiger partial charge on any atom is -0.387 e. The molecule has 1 aromatic carbocycles. The molecule has 2 aliphatic rings. The molecule has 200 valence electrons. The van der Waals surface area contributed by atoms with Gasteiger partial charge in [0.1, 0.15) is 18.2 Å². The van der Waals surface area contributed by atoms with Crippen molar-refractivity contribution >= 4 is 23.2 Å². The maximum absolute atomic E-state index is 14.3. The quantitative estimate of drug-likeness (QED) is 0.375. The van der Waals surface area contributed by atoms with E-state index in [0.29, 0.717) is 46.6 Å². The lowest BCUT2D eigenvalue weighted by Crippen LogP contribution is -2.55. The van der Waals surface area contributed by atoms with Crippen molar-refractivity contribution in [3.05, 3.63) is 65.9 Å². The van der Waals surface area contributed by atoms with E-state index < -0.39 is 6.61 Å². The van der Waals surface area contributed by atoms with Crippen LogP contribution in [-0.2, 0) is 4.79 Å². The fourth-order valence-electron chi connectivity index (χ4n) is 6.37. The number of hydrogen-bond donors (Lipinski definition) is 2. The van der Waals surface area contributed by atoms with Gasteiger partial charge in [0, 0.05) is 40.9 Å². The Kier molecular flexibility index (Phi) is 6.34. The molecule has 9 nitrogen and oxygen atoms in total. The lowest BCUT2D eigenvalue weighted by atomic mass is 9.76. The molecule has 2 saturated heterocycles. The highest BCUT2D eigenvalue weighted by atomic mass is 19.1. The SMILES string of the molecule is CC(=O)c1c(C2C[C@H]3CCC[C@@H](C2)N3C(=O)CO)nc2c(-c3ccc(-c4ccccc4F)nc3)cnn2c1N. The molecule has 2 aliphatic heterocycles. The molecule has 4 aromatic rings. The second kappa shape index (κ2) is 9.85. The zero-order valence-electron chi connectivity index (χ0n) is 21.5. The lowest BCUT2D eigenvalue weighted by Gasteiger charge is -2.48. The monoisotopic (exact) mass is 528 g/mol. The van der Waals surface area contributed by atoms with Gasteiger partial charge in [0.2, 0.25) is 5.91 Å². The van der Waals surface area contributed by atoms with Crippen molar-refractivity contribution in [2.75, 3.05) is 12.3 Å². The van der Waals surface area contributed by atoms with Crippen LogP contribution in [0, 0.1) is 5.82 Å². The zero-order valence-corrected chi connectivity index (χ0v) is 21.5. The highest BCUT2D eigenvalue weighted by Crippen LogP contribution is 2.43. The van der Waals surface area contributed by atoms with Crippen molar-refractivity contribution in [2.45, 2.75) is 57.0 Å². The number of Topliss-reactive ketones (excluding diaryl/α,β-unsaturated/α-hetero) is 1. The lowest BCUT2D eigenvalue weighted by molar-refractivity contribution is -0.144. The molecule has 0 saturated carbocycles. The van der Waals surface area contributed by atoms with Gasteiger partial charge < -0.3 is 15.7 Å². The van der Waals surface area contributed by atoms with E-state index in [0.717, 1.165) is 24.8 Å². The number of nitrogens with two attached hydrogens (primary N) is 1. The number of aliphatic hydroxyl groups excluding tert-OH is 1. The predicted octanol–water partition coefficient (Wildman–Crippen LogP) is 4.00. The zero-order chi connectivity index (χ0) is 27.3. The maximum Gasteiger partial charge on any atom is 0.248 e. The molecule has 39 heavy (non-hydrogen) atoms. The van der Waals surface area contributed by atoms with E-state index in [-0.39, 0.29) is 41.3 Å². The summed E-state index contributed by atoms with van der Waals surface area (Å²) in [6.07, 6.45) is 7.31. The molecule has 5 heterocycles. The number of ketones is 1. The molecule has 1 unspecified atom stereocenters. The van der Waals surface area contributed by atoms with Crippen LogP contribution < -0.4 is 5.73 Å². The van der Waals surface area contributed by atoms with Crippen LogP contribution in [0.3, 0.4) is 0 Å². The Bertz CT molecular complexity index is 1570. The Labute approximate surface area is 224 Å². The number of nitrogens with zero attached hydrogens (tertiary/aromatic N) is 5. The van der Waals surface area contributed by atoms with E-state index in [1.807, 2.05) is 11.0 Å². The third-order valence-electron chi connectivity index (χ3n) is 8.07. The summed E-state index contributed by atoms with van der Waals surface area (Å²) in [6, 6.07) is 10.0. The third-order valence-corrected chi connectivity index (χ3v) is 8.07. The van der Waals surface area contributed by atoms with Crippen molar-refractivity contribution in [1.82, 2.24) is 24.5 Å². The summed E-state index contributed by atoms with van der Waals surface area (Å²) in [7, 11) is 0. The molecule has 6 rings (SSSR count). The first-order valence-electron chi connectivity index (χ1n) is 13.2. The number of piperidine rings is 2. The van der Waals surface area contributed by atoms with Crippen LogP contribution >= 0.6 is 0 Å². The number of halogens is 1. The molecule has 3 atom stereocenters. The highest BCUT2D eigenvalue weighted by molar-refractivity contribution is 6.00. The van der Waals surface area contributed by atoms with Crippen LogP contribution in [0.2, 0.25) is 0 Å². The number of amides is 1. The van der Waals surface area contributed by atoms with Gasteiger partial charge in [0.25, 0.3) is 0 Å². The fourth-order valence-corrected chi connectivity index (χ4v) is 6.37. The third kappa shape index (κ3) is 4.24. The average Bonchev–Trinajstić information content (AvgIpc) is 3.36. The Morgan fingerprint density at radius 1 is 1.08 bits per heavy atom. The summed E-state index contributed by atoms with van der Waals surface area (Å²) < 4.78 is 15.7. The van der Waals surface area contributed by atoms with Gasteiger partial charge in [-0.25, -0.2) is 9.37 Å². The Hall–Kier alpha value is -4.18. The van der Waals surface area contributed by atoms with Crippen LogP contribution in [0.15, 0.2) is 48.8 Å². The predicted molar refractivity (Wildman–Crippen MR) is 143 cm³/mol. The van der Waals surface area contributed by atoms with E-state index in [2.05, 4.69) is 10.1 Å². The van der Waals surface area contributed by atoms with Crippen molar-refractivity contribution in [3.63, 3.8) is 0 Å². The van der Waals surface area contributed by atoms with E-state index in [9.17, 15) is 19.1 Å². The summed E-state index contributed by atoms with van der Waals surface area (Å²) in [6.45, 7) is 0.972. The van der Waals surface area contributed by atoms with E-state index in [1.165, 1.54) is 17.5 Å². The first-order chi connectivity index (χ1) is 18.9. The Morgan fingerprint density at radius 2 is 1.82 bits per heavy atom. The molecule has 3 aromatic heterocycles. The second-order valence-electron chi connectivity index (χ2n) is 10.4. The molecule has 0 aliphatic carbocycles. The van der Waals surface area contributed by atoms with Crippen LogP contribution in [0.5, 0.6) is 0 Å². The number of rotatable bonds is 5. The van der Waals surface area contributed by atoms with Crippen LogP contribution in [0.4, 0.5) is 10.2 Å². The largest absolute Gasteiger partial charge is 0.387 e. The van der Waals surface area contributed by atoms with Crippen molar-refractivity contribution in [3.8, 4) is 22.4 Å². The fraction of sp³-hybridized carbons (Fsp3) is 0.345.